The molecule has 3 aromatic rings. The lowest BCUT2D eigenvalue weighted by molar-refractivity contribution is 0.0951. The number of nitrogens with zero attached hydrogens (tertiary/aromatic N) is 3. The Bertz CT molecular complexity index is 1470. The van der Waals surface area contributed by atoms with Crippen molar-refractivity contribution in [2.24, 2.45) is 15.3 Å². The Labute approximate surface area is 193 Å². The molecule has 11 heteroatoms. The molecule has 1 N–H and O–H groups in total. The molecule has 1 amide bonds. The highest BCUT2D eigenvalue weighted by Gasteiger charge is 2.30. The van der Waals surface area contributed by atoms with Crippen LogP contribution in [-0.4, -0.2) is 20.2 Å². The highest BCUT2D eigenvalue weighted by atomic mass is 32.2. The predicted octanol–water partition coefficient (Wildman–Crippen LogP) is 4.56. The summed E-state index contributed by atoms with van der Waals surface area (Å²) in [6.45, 7) is 1.79. The van der Waals surface area contributed by atoms with E-state index in [1.54, 1.807) is 19.1 Å². The van der Waals surface area contributed by atoms with Crippen molar-refractivity contribution < 1.29 is 26.2 Å². The van der Waals surface area contributed by atoms with Crippen molar-refractivity contribution in [3.05, 3.63) is 107 Å². The van der Waals surface area contributed by atoms with E-state index >= 15 is 0 Å². The first-order valence-electron chi connectivity index (χ1n) is 9.81. The van der Waals surface area contributed by atoms with Crippen LogP contribution < -0.4 is 5.43 Å². The van der Waals surface area contributed by atoms with Gasteiger partial charge in [0.1, 0.15) is 16.5 Å². The maximum absolute atomic E-state index is 14.6. The zero-order valence-electron chi connectivity index (χ0n) is 17.6. The van der Waals surface area contributed by atoms with Gasteiger partial charge in [0.05, 0.1) is 11.1 Å². The van der Waals surface area contributed by atoms with Crippen LogP contribution in [0.4, 0.5) is 8.78 Å². The van der Waals surface area contributed by atoms with Crippen molar-refractivity contribution in [3.8, 4) is 0 Å². The number of halogens is 2. The van der Waals surface area contributed by atoms with Crippen LogP contribution in [-0.2, 0) is 14.3 Å². The first-order valence-corrected chi connectivity index (χ1v) is 11.2. The number of carbonyl (C=O) groups excluding carboxylic acids is 1. The third kappa shape index (κ3) is 4.74. The fraction of sp³-hybridized carbons (Fsp3) is 0.0435. The van der Waals surface area contributed by atoms with Crippen LogP contribution in [0.15, 0.2) is 98.9 Å². The van der Waals surface area contributed by atoms with Crippen molar-refractivity contribution in [1.82, 2.24) is 5.43 Å². The van der Waals surface area contributed by atoms with Gasteiger partial charge in [-0.25, -0.2) is 14.2 Å². The number of hydrogen-bond acceptors (Lipinski definition) is 6. The highest BCUT2D eigenvalue weighted by Crippen LogP contribution is 2.32. The van der Waals surface area contributed by atoms with E-state index in [9.17, 15) is 22.0 Å². The molecule has 0 aromatic heterocycles. The van der Waals surface area contributed by atoms with E-state index in [4.69, 9.17) is 4.18 Å². The van der Waals surface area contributed by atoms with E-state index < -0.39 is 33.5 Å². The fourth-order valence-electron chi connectivity index (χ4n) is 2.99. The number of aryl methyl sites for hydroxylation is 1. The molecular formula is C23H16F2N4O4S. The molecule has 0 radical (unpaired) electrons. The van der Waals surface area contributed by atoms with Crippen molar-refractivity contribution in [2.75, 3.05) is 0 Å². The molecule has 0 atom stereocenters. The summed E-state index contributed by atoms with van der Waals surface area (Å²) >= 11 is 0. The molecule has 0 aliphatic carbocycles. The van der Waals surface area contributed by atoms with E-state index in [2.05, 4.69) is 20.8 Å². The largest absolute Gasteiger partial charge is 0.356 e. The van der Waals surface area contributed by atoms with E-state index in [1.807, 2.05) is 0 Å². The first kappa shape index (κ1) is 22.9. The van der Waals surface area contributed by atoms with Gasteiger partial charge >= 0.3 is 10.1 Å². The fourth-order valence-corrected chi connectivity index (χ4v) is 3.88. The smallest absolute Gasteiger partial charge is 0.340 e. The van der Waals surface area contributed by atoms with Gasteiger partial charge in [0.25, 0.3) is 11.8 Å². The average Bonchev–Trinajstić information content (AvgIpc) is 3.19. The summed E-state index contributed by atoms with van der Waals surface area (Å²) in [4.78, 5) is 12.2. The van der Waals surface area contributed by atoms with Crippen molar-refractivity contribution in [1.29, 1.82) is 0 Å². The molecule has 0 fully saturated rings. The third-order valence-corrected chi connectivity index (χ3v) is 5.92. The molecule has 1 aliphatic heterocycles. The van der Waals surface area contributed by atoms with Crippen molar-refractivity contribution >= 4 is 27.4 Å². The number of nitrogens with one attached hydrogen (secondary N) is 1. The van der Waals surface area contributed by atoms with E-state index in [1.165, 1.54) is 48.5 Å². The molecule has 4 rings (SSSR count). The Kier molecular flexibility index (Phi) is 6.28. The van der Waals surface area contributed by atoms with Crippen LogP contribution in [0, 0.1) is 18.6 Å². The zero-order valence-corrected chi connectivity index (χ0v) is 18.4. The zero-order chi connectivity index (χ0) is 24.3. The Balaban J connectivity index is 1.72. The molecule has 8 nitrogen and oxygen atoms in total. The van der Waals surface area contributed by atoms with Gasteiger partial charge in [0, 0.05) is 5.56 Å². The van der Waals surface area contributed by atoms with E-state index in [0.29, 0.717) is 0 Å². The van der Waals surface area contributed by atoms with Gasteiger partial charge in [0.2, 0.25) is 5.84 Å². The lowest BCUT2D eigenvalue weighted by Crippen LogP contribution is -2.20. The number of benzene rings is 3. The second-order valence-corrected chi connectivity index (χ2v) is 8.61. The Morgan fingerprint density at radius 1 is 0.912 bits per heavy atom. The van der Waals surface area contributed by atoms with Crippen LogP contribution in [0.5, 0.6) is 0 Å². The summed E-state index contributed by atoms with van der Waals surface area (Å²) < 4.78 is 59.1. The molecule has 1 aliphatic rings. The van der Waals surface area contributed by atoms with Gasteiger partial charge in [-0.15, -0.1) is 15.3 Å². The Hall–Kier alpha value is -4.25. The van der Waals surface area contributed by atoms with Crippen LogP contribution >= 0.6 is 0 Å². The normalized spacial score (nSPS) is 14.5. The molecule has 34 heavy (non-hydrogen) atoms. The predicted molar refractivity (Wildman–Crippen MR) is 119 cm³/mol. The summed E-state index contributed by atoms with van der Waals surface area (Å²) in [5, 5.41) is 11.2. The molecule has 0 unspecified atom stereocenters. The van der Waals surface area contributed by atoms with Crippen molar-refractivity contribution in [3.63, 3.8) is 0 Å². The lowest BCUT2D eigenvalue weighted by Gasteiger charge is -2.09. The molecule has 172 valence electrons. The van der Waals surface area contributed by atoms with Gasteiger partial charge in [-0.1, -0.05) is 48.0 Å². The number of amides is 1. The molecule has 0 spiro atoms. The Morgan fingerprint density at radius 2 is 1.56 bits per heavy atom. The summed E-state index contributed by atoms with van der Waals surface area (Å²) in [6, 6.07) is 16.5. The minimum atomic E-state index is -4.34. The van der Waals surface area contributed by atoms with Gasteiger partial charge in [-0.3, -0.25) is 4.79 Å². The summed E-state index contributed by atoms with van der Waals surface area (Å²) in [7, 11) is -4.34. The quantitative estimate of drug-likeness (QED) is 0.410. The first-order chi connectivity index (χ1) is 16.3. The summed E-state index contributed by atoms with van der Waals surface area (Å²) in [5.41, 5.74) is 2.36. The molecule has 3 aromatic carbocycles. The molecule has 0 bridgehead atoms. The SMILES string of the molecule is Cc1ccc(S(=O)(=O)OC2=C(c3ccccc3F)C(=NNC(=O)c3ccccc3F)N=N2)cc1. The maximum atomic E-state index is 14.6. The van der Waals surface area contributed by atoms with Crippen LogP contribution in [0.25, 0.3) is 5.57 Å². The third-order valence-electron chi connectivity index (χ3n) is 4.70. The van der Waals surface area contributed by atoms with Gasteiger partial charge < -0.3 is 4.18 Å². The van der Waals surface area contributed by atoms with E-state index in [0.717, 1.165) is 17.7 Å². The second-order valence-electron chi connectivity index (χ2n) is 7.07. The number of azo groups is 1. The minimum absolute atomic E-state index is 0.111. The van der Waals surface area contributed by atoms with Crippen LogP contribution in [0.1, 0.15) is 21.5 Å². The van der Waals surface area contributed by atoms with Gasteiger partial charge in [-0.2, -0.15) is 8.42 Å². The standard InChI is InChI=1S/C23H16F2N4O4S/c1-14-10-12-15(13-11-14)34(31,32)33-23-20(16-6-2-4-8-18(16)24)21(27-29-23)26-28-22(30)17-7-3-5-9-19(17)25/h2-13H,1H3,(H,28,30). The average molecular weight is 482 g/mol. The maximum Gasteiger partial charge on any atom is 0.340 e. The van der Waals surface area contributed by atoms with Gasteiger partial charge in [-0.05, 0) is 37.3 Å². The lowest BCUT2D eigenvalue weighted by atomic mass is 10.1. The molecule has 0 saturated carbocycles. The summed E-state index contributed by atoms with van der Waals surface area (Å²) in [6.07, 6.45) is 0. The highest BCUT2D eigenvalue weighted by molar-refractivity contribution is 7.86. The number of hydrogen-bond donors (Lipinski definition) is 1. The topological polar surface area (TPSA) is 110 Å². The number of carbonyl (C=O) groups is 1. The minimum Gasteiger partial charge on any atom is -0.356 e. The van der Waals surface area contributed by atoms with Crippen LogP contribution in [0.2, 0.25) is 0 Å². The monoisotopic (exact) mass is 482 g/mol. The summed E-state index contributed by atoms with van der Waals surface area (Å²) in [5.74, 6) is -3.26. The number of amidine groups is 1. The second kappa shape index (κ2) is 9.32. The molecule has 1 heterocycles. The number of rotatable bonds is 6. The van der Waals surface area contributed by atoms with Gasteiger partial charge in [0.15, 0.2) is 0 Å². The Morgan fingerprint density at radius 3 is 2.24 bits per heavy atom. The van der Waals surface area contributed by atoms with E-state index in [-0.39, 0.29) is 27.4 Å². The molecular weight excluding hydrogens is 466 g/mol. The molecule has 0 saturated heterocycles. The van der Waals surface area contributed by atoms with Crippen LogP contribution in [0.3, 0.4) is 0 Å². The number of hydrazone groups is 1. The van der Waals surface area contributed by atoms with Crippen molar-refractivity contribution in [2.45, 2.75) is 11.8 Å².